The number of ether oxygens (including phenoxy) is 1. The first-order chi connectivity index (χ1) is 9.06. The highest BCUT2D eigenvalue weighted by Crippen LogP contribution is 2.17. The molecule has 1 aromatic rings. The van der Waals surface area contributed by atoms with Crippen molar-refractivity contribution < 1.29 is 4.74 Å². The van der Waals surface area contributed by atoms with Gasteiger partial charge in [-0.1, -0.05) is 13.8 Å². The van der Waals surface area contributed by atoms with Gasteiger partial charge in [-0.05, 0) is 20.8 Å². The Morgan fingerprint density at radius 2 is 1.84 bits per heavy atom. The fourth-order valence-corrected chi connectivity index (χ4v) is 1.66. The Kier molecular flexibility index (Phi) is 6.56. The topological polar surface area (TPSA) is 59.1 Å². The van der Waals surface area contributed by atoms with Crippen LogP contribution in [0.1, 0.15) is 46.4 Å². The van der Waals surface area contributed by atoms with Crippen molar-refractivity contribution in [3.8, 4) is 0 Å². The quantitative estimate of drug-likeness (QED) is 0.757. The smallest absolute Gasteiger partial charge is 0.135 e. The minimum atomic E-state index is 0.226. The summed E-state index contributed by atoms with van der Waals surface area (Å²) in [5, 5.41) is 6.59. The van der Waals surface area contributed by atoms with Crippen LogP contribution in [-0.4, -0.2) is 35.8 Å². The molecule has 0 saturated heterocycles. The van der Waals surface area contributed by atoms with E-state index in [1.807, 2.05) is 13.0 Å². The summed E-state index contributed by atoms with van der Waals surface area (Å²) in [4.78, 5) is 9.04. The zero-order valence-electron chi connectivity index (χ0n) is 12.7. The van der Waals surface area contributed by atoms with Crippen LogP contribution in [0.5, 0.6) is 0 Å². The van der Waals surface area contributed by atoms with E-state index in [1.165, 1.54) is 0 Å². The number of nitrogens with one attached hydrogen (secondary N) is 2. The number of aromatic nitrogens is 2. The minimum absolute atomic E-state index is 0.226. The van der Waals surface area contributed by atoms with Crippen molar-refractivity contribution in [3.63, 3.8) is 0 Å². The Morgan fingerprint density at radius 3 is 2.42 bits per heavy atom. The van der Waals surface area contributed by atoms with Crippen molar-refractivity contribution in [2.45, 2.75) is 46.6 Å². The maximum atomic E-state index is 5.40. The molecule has 0 radical (unpaired) electrons. The van der Waals surface area contributed by atoms with Crippen LogP contribution in [0.3, 0.4) is 0 Å². The van der Waals surface area contributed by atoms with E-state index in [0.717, 1.165) is 30.6 Å². The maximum Gasteiger partial charge on any atom is 0.135 e. The lowest BCUT2D eigenvalue weighted by molar-refractivity contribution is 0.141. The molecular formula is C14H26N4O. The molecule has 1 atom stereocenters. The molecule has 2 N–H and O–H groups in total. The van der Waals surface area contributed by atoms with Gasteiger partial charge in [-0.25, -0.2) is 9.97 Å². The summed E-state index contributed by atoms with van der Waals surface area (Å²) >= 11 is 0. The number of hydrogen-bond acceptors (Lipinski definition) is 5. The average molecular weight is 266 g/mol. The zero-order chi connectivity index (χ0) is 14.3. The molecular weight excluding hydrogens is 240 g/mol. The lowest BCUT2D eigenvalue weighted by Gasteiger charge is -2.16. The first kappa shape index (κ1) is 15.7. The summed E-state index contributed by atoms with van der Waals surface area (Å²) in [6, 6.07) is 2.17. The van der Waals surface area contributed by atoms with Gasteiger partial charge >= 0.3 is 0 Å². The highest BCUT2D eigenvalue weighted by atomic mass is 16.5. The highest BCUT2D eigenvalue weighted by molar-refractivity contribution is 5.48. The first-order valence-corrected chi connectivity index (χ1v) is 7.03. The van der Waals surface area contributed by atoms with Gasteiger partial charge in [0.25, 0.3) is 0 Å². The zero-order valence-corrected chi connectivity index (χ0v) is 12.7. The van der Waals surface area contributed by atoms with Crippen LogP contribution in [0, 0.1) is 0 Å². The largest absolute Gasteiger partial charge is 0.380 e. The molecule has 5 heteroatoms. The van der Waals surface area contributed by atoms with Gasteiger partial charge in [0.05, 0.1) is 6.61 Å². The Balaban J connectivity index is 2.80. The number of rotatable bonds is 8. The fourth-order valence-electron chi connectivity index (χ4n) is 1.66. The van der Waals surface area contributed by atoms with Crippen molar-refractivity contribution in [3.05, 3.63) is 11.9 Å². The summed E-state index contributed by atoms with van der Waals surface area (Å²) < 4.78 is 5.40. The molecule has 1 aromatic heterocycles. The molecule has 108 valence electrons. The molecule has 1 heterocycles. The normalized spacial score (nSPS) is 12.5. The van der Waals surface area contributed by atoms with Crippen LogP contribution in [-0.2, 0) is 4.74 Å². The Hall–Kier alpha value is -1.36. The Labute approximate surface area is 116 Å². The predicted molar refractivity (Wildman–Crippen MR) is 79.9 cm³/mol. The van der Waals surface area contributed by atoms with Crippen molar-refractivity contribution in [1.82, 2.24) is 9.97 Å². The molecule has 0 fully saturated rings. The number of anilines is 2. The fraction of sp³-hybridized carbons (Fsp3) is 0.714. The lowest BCUT2D eigenvalue weighted by atomic mass is 10.2. The molecule has 0 aliphatic heterocycles. The van der Waals surface area contributed by atoms with Crippen LogP contribution in [0.4, 0.5) is 11.6 Å². The average Bonchev–Trinajstić information content (AvgIpc) is 2.36. The standard InChI is InChI=1S/C14H26N4O/c1-6-15-12-8-13(16-11(5)9-19-7-2)18-14(17-12)10(3)4/h8,10-11H,6-7,9H2,1-5H3,(H2,15,16,17,18). The van der Waals surface area contributed by atoms with Crippen molar-refractivity contribution in [2.75, 3.05) is 30.4 Å². The van der Waals surface area contributed by atoms with E-state index in [0.29, 0.717) is 12.5 Å². The molecule has 1 unspecified atom stereocenters. The van der Waals surface area contributed by atoms with E-state index in [2.05, 4.69) is 48.3 Å². The van der Waals surface area contributed by atoms with Gasteiger partial charge < -0.3 is 15.4 Å². The molecule has 19 heavy (non-hydrogen) atoms. The number of hydrogen-bond donors (Lipinski definition) is 2. The van der Waals surface area contributed by atoms with Crippen molar-refractivity contribution in [2.24, 2.45) is 0 Å². The van der Waals surface area contributed by atoms with Crippen LogP contribution < -0.4 is 10.6 Å². The van der Waals surface area contributed by atoms with Gasteiger partial charge in [0.1, 0.15) is 17.5 Å². The van der Waals surface area contributed by atoms with E-state index in [1.54, 1.807) is 0 Å². The van der Waals surface area contributed by atoms with Crippen LogP contribution in [0.25, 0.3) is 0 Å². The summed E-state index contributed by atoms with van der Waals surface area (Å²) in [5.41, 5.74) is 0. The van der Waals surface area contributed by atoms with Gasteiger partial charge in [0, 0.05) is 31.2 Å². The first-order valence-electron chi connectivity index (χ1n) is 7.03. The molecule has 0 aliphatic rings. The maximum absolute atomic E-state index is 5.40. The second kappa shape index (κ2) is 7.94. The van der Waals surface area contributed by atoms with Crippen LogP contribution >= 0.6 is 0 Å². The molecule has 0 amide bonds. The van der Waals surface area contributed by atoms with Gasteiger partial charge in [-0.2, -0.15) is 0 Å². The lowest BCUT2D eigenvalue weighted by Crippen LogP contribution is -2.23. The third-order valence-corrected chi connectivity index (χ3v) is 2.58. The molecule has 0 bridgehead atoms. The van der Waals surface area contributed by atoms with E-state index in [-0.39, 0.29) is 6.04 Å². The SMILES string of the molecule is CCNc1cc(NC(C)COCC)nc(C(C)C)n1. The molecule has 1 rings (SSSR count). The van der Waals surface area contributed by atoms with Crippen molar-refractivity contribution >= 4 is 11.6 Å². The second-order valence-electron chi connectivity index (χ2n) is 4.89. The van der Waals surface area contributed by atoms with Crippen molar-refractivity contribution in [1.29, 1.82) is 0 Å². The summed E-state index contributed by atoms with van der Waals surface area (Å²) in [7, 11) is 0. The van der Waals surface area contributed by atoms with Crippen LogP contribution in [0.2, 0.25) is 0 Å². The molecule has 0 aliphatic carbocycles. The van der Waals surface area contributed by atoms with Gasteiger partial charge in [0.15, 0.2) is 0 Å². The highest BCUT2D eigenvalue weighted by Gasteiger charge is 2.09. The Morgan fingerprint density at radius 1 is 1.16 bits per heavy atom. The third-order valence-electron chi connectivity index (χ3n) is 2.58. The van der Waals surface area contributed by atoms with E-state index in [9.17, 15) is 0 Å². The van der Waals surface area contributed by atoms with E-state index in [4.69, 9.17) is 4.74 Å². The molecule has 0 spiro atoms. The predicted octanol–water partition coefficient (Wildman–Crippen LogP) is 2.87. The monoisotopic (exact) mass is 266 g/mol. The molecule has 0 saturated carbocycles. The summed E-state index contributed by atoms with van der Waals surface area (Å²) in [5.74, 6) is 2.88. The minimum Gasteiger partial charge on any atom is -0.380 e. The third kappa shape index (κ3) is 5.42. The molecule has 0 aromatic carbocycles. The second-order valence-corrected chi connectivity index (χ2v) is 4.89. The van der Waals surface area contributed by atoms with Gasteiger partial charge in [-0.3, -0.25) is 0 Å². The molecule has 5 nitrogen and oxygen atoms in total. The summed E-state index contributed by atoms with van der Waals surface area (Å²) in [6.07, 6.45) is 0. The Bertz CT molecular complexity index is 382. The number of nitrogens with zero attached hydrogens (tertiary/aromatic N) is 2. The van der Waals surface area contributed by atoms with E-state index < -0.39 is 0 Å². The summed E-state index contributed by atoms with van der Waals surface area (Å²) in [6.45, 7) is 12.6. The van der Waals surface area contributed by atoms with Crippen LogP contribution in [0.15, 0.2) is 6.07 Å². The van der Waals surface area contributed by atoms with E-state index >= 15 is 0 Å². The van der Waals surface area contributed by atoms with Gasteiger partial charge in [0.2, 0.25) is 0 Å². The van der Waals surface area contributed by atoms with Gasteiger partial charge in [-0.15, -0.1) is 0 Å².